The van der Waals surface area contributed by atoms with E-state index in [9.17, 15) is 9.59 Å². The van der Waals surface area contributed by atoms with Crippen LogP contribution < -0.4 is 5.32 Å². The van der Waals surface area contributed by atoms with Crippen molar-refractivity contribution >= 4 is 11.8 Å². The number of ether oxygens (including phenoxy) is 1. The summed E-state index contributed by atoms with van der Waals surface area (Å²) in [5.74, 6) is 0.564. The first-order chi connectivity index (χ1) is 14.8. The van der Waals surface area contributed by atoms with Crippen LogP contribution in [0.5, 0.6) is 0 Å². The second-order valence-corrected chi connectivity index (χ2v) is 10.4. The Morgan fingerprint density at radius 2 is 1.87 bits per heavy atom. The van der Waals surface area contributed by atoms with Gasteiger partial charge < -0.3 is 15.0 Å². The molecule has 3 aliphatic rings. The van der Waals surface area contributed by atoms with Gasteiger partial charge in [0, 0.05) is 32.1 Å². The number of likely N-dealkylation sites (N-methyl/N-ethyl adjacent to an activating group) is 1. The number of likely N-dealkylation sites (tertiary alicyclic amines) is 1. The van der Waals surface area contributed by atoms with Gasteiger partial charge in [0.15, 0.2) is 0 Å². The highest BCUT2D eigenvalue weighted by Gasteiger charge is 2.45. The molecule has 1 aromatic heterocycles. The Labute approximate surface area is 185 Å². The summed E-state index contributed by atoms with van der Waals surface area (Å²) in [6.07, 6.45) is 10.1. The average molecular weight is 432 g/mol. The summed E-state index contributed by atoms with van der Waals surface area (Å²) in [7, 11) is 1.63. The van der Waals surface area contributed by atoms with Crippen LogP contribution in [0.15, 0.2) is 6.20 Å². The third kappa shape index (κ3) is 5.10. The van der Waals surface area contributed by atoms with Crippen molar-refractivity contribution in [1.82, 2.24) is 25.2 Å². The molecule has 0 spiro atoms. The van der Waals surface area contributed by atoms with Crippen molar-refractivity contribution in [1.29, 1.82) is 0 Å². The number of rotatable bonds is 6. The smallest absolute Gasteiger partial charge is 0.248 e. The van der Waals surface area contributed by atoms with Gasteiger partial charge in [0.1, 0.15) is 12.1 Å². The van der Waals surface area contributed by atoms with Gasteiger partial charge in [0.2, 0.25) is 11.8 Å². The zero-order valence-electron chi connectivity index (χ0n) is 19.3. The first-order valence-corrected chi connectivity index (χ1v) is 11.9. The normalized spacial score (nSPS) is 26.1. The minimum absolute atomic E-state index is 0.0206. The van der Waals surface area contributed by atoms with Crippen LogP contribution in [0.3, 0.4) is 0 Å². The van der Waals surface area contributed by atoms with E-state index in [4.69, 9.17) is 4.74 Å². The Bertz CT molecular complexity index is 791. The third-order valence-corrected chi connectivity index (χ3v) is 6.77. The van der Waals surface area contributed by atoms with Gasteiger partial charge >= 0.3 is 0 Å². The lowest BCUT2D eigenvalue weighted by Gasteiger charge is -2.34. The minimum Gasteiger partial charge on any atom is -0.371 e. The molecule has 8 nitrogen and oxygen atoms in total. The molecule has 1 N–H and O–H groups in total. The number of carbonyl (C=O) groups excluding carboxylic acids is 2. The third-order valence-electron chi connectivity index (χ3n) is 6.77. The van der Waals surface area contributed by atoms with Crippen LogP contribution in [0.1, 0.15) is 89.8 Å². The lowest BCUT2D eigenvalue weighted by molar-refractivity contribution is -0.143. The van der Waals surface area contributed by atoms with Crippen molar-refractivity contribution in [2.75, 3.05) is 13.6 Å². The standard InChI is InChI=1S/C23H37N5O3/c1-23(2,3)31-17-12-19(21(29)24-4)27(13-17)22(30)20(16-8-6-5-7-9-16)28-14-18(25-26-28)15-10-11-15/h14-17,19-20H,5-13H2,1-4H3,(H,24,29)/t17-,19+,20+/m1/s1. The molecular formula is C23H37N5O3. The maximum absolute atomic E-state index is 14.0. The van der Waals surface area contributed by atoms with Crippen molar-refractivity contribution in [3.8, 4) is 0 Å². The molecule has 3 atom stereocenters. The maximum Gasteiger partial charge on any atom is 0.248 e. The number of nitrogens with one attached hydrogen (secondary N) is 1. The van der Waals surface area contributed by atoms with Crippen LogP contribution in [-0.2, 0) is 14.3 Å². The highest BCUT2D eigenvalue weighted by atomic mass is 16.5. The van der Waals surface area contributed by atoms with Crippen molar-refractivity contribution in [2.45, 2.75) is 102 Å². The van der Waals surface area contributed by atoms with Crippen molar-refractivity contribution in [3.05, 3.63) is 11.9 Å². The van der Waals surface area contributed by atoms with Gasteiger partial charge in [-0.05, 0) is 52.4 Å². The quantitative estimate of drug-likeness (QED) is 0.748. The molecule has 2 heterocycles. The van der Waals surface area contributed by atoms with E-state index in [1.165, 1.54) is 6.42 Å². The molecule has 172 valence electrons. The van der Waals surface area contributed by atoms with Crippen LogP contribution >= 0.6 is 0 Å². The lowest BCUT2D eigenvalue weighted by atomic mass is 9.83. The summed E-state index contributed by atoms with van der Waals surface area (Å²) in [5, 5.41) is 11.5. The summed E-state index contributed by atoms with van der Waals surface area (Å²) in [6, 6.07) is -0.914. The number of hydrogen-bond acceptors (Lipinski definition) is 5. The fourth-order valence-electron chi connectivity index (χ4n) is 5.18. The highest BCUT2D eigenvalue weighted by molar-refractivity contribution is 5.90. The highest BCUT2D eigenvalue weighted by Crippen LogP contribution is 2.40. The number of nitrogens with zero attached hydrogens (tertiary/aromatic N) is 4. The SMILES string of the molecule is CNC(=O)[C@@H]1C[C@@H](OC(C)(C)C)CN1C(=O)[C@H](C1CCCCC1)n1cc(C2CC2)nn1. The first-order valence-electron chi connectivity index (χ1n) is 11.9. The molecule has 2 amide bonds. The monoisotopic (exact) mass is 431 g/mol. The Hall–Kier alpha value is -1.96. The van der Waals surface area contributed by atoms with Crippen molar-refractivity contribution in [2.24, 2.45) is 5.92 Å². The zero-order chi connectivity index (χ0) is 22.2. The number of hydrogen-bond donors (Lipinski definition) is 1. The molecule has 31 heavy (non-hydrogen) atoms. The predicted molar refractivity (Wildman–Crippen MR) is 116 cm³/mol. The van der Waals surface area contributed by atoms with E-state index in [0.29, 0.717) is 18.9 Å². The number of aromatic nitrogens is 3. The zero-order valence-corrected chi connectivity index (χ0v) is 19.3. The average Bonchev–Trinajstić information content (AvgIpc) is 3.33. The van der Waals surface area contributed by atoms with E-state index in [-0.39, 0.29) is 29.4 Å². The van der Waals surface area contributed by atoms with Gasteiger partial charge in [0.05, 0.1) is 17.4 Å². The van der Waals surface area contributed by atoms with Gasteiger partial charge in [-0.3, -0.25) is 9.59 Å². The van der Waals surface area contributed by atoms with E-state index in [1.807, 2.05) is 27.0 Å². The van der Waals surface area contributed by atoms with Crippen molar-refractivity contribution in [3.63, 3.8) is 0 Å². The molecular weight excluding hydrogens is 394 g/mol. The van der Waals surface area contributed by atoms with Gasteiger partial charge in [-0.2, -0.15) is 0 Å². The van der Waals surface area contributed by atoms with Crippen LogP contribution in [0.2, 0.25) is 0 Å². The topological polar surface area (TPSA) is 89.4 Å². The maximum atomic E-state index is 14.0. The Morgan fingerprint density at radius 1 is 1.16 bits per heavy atom. The molecule has 2 saturated carbocycles. The second-order valence-electron chi connectivity index (χ2n) is 10.4. The summed E-state index contributed by atoms with van der Waals surface area (Å²) >= 11 is 0. The number of amides is 2. The van der Waals surface area contributed by atoms with Crippen LogP contribution in [0, 0.1) is 5.92 Å². The van der Waals surface area contributed by atoms with Crippen LogP contribution in [0.25, 0.3) is 0 Å². The molecule has 0 bridgehead atoms. The van der Waals surface area contributed by atoms with Gasteiger partial charge in [-0.25, -0.2) is 4.68 Å². The Morgan fingerprint density at radius 3 is 2.48 bits per heavy atom. The summed E-state index contributed by atoms with van der Waals surface area (Å²) in [6.45, 7) is 6.45. The number of carbonyl (C=O) groups is 2. The van der Waals surface area contributed by atoms with E-state index < -0.39 is 12.1 Å². The molecule has 0 aromatic carbocycles. The fourth-order valence-corrected chi connectivity index (χ4v) is 5.18. The molecule has 1 aromatic rings. The van der Waals surface area contributed by atoms with Gasteiger partial charge in [-0.1, -0.05) is 24.5 Å². The Kier molecular flexibility index (Phi) is 6.37. The molecule has 1 aliphatic heterocycles. The molecule has 0 radical (unpaired) electrons. The lowest BCUT2D eigenvalue weighted by Crippen LogP contribution is -2.49. The van der Waals surface area contributed by atoms with Crippen LogP contribution in [-0.4, -0.2) is 63.0 Å². The summed E-state index contributed by atoms with van der Waals surface area (Å²) < 4.78 is 7.97. The second kappa shape index (κ2) is 8.88. The molecule has 0 unspecified atom stereocenters. The minimum atomic E-state index is -0.512. The summed E-state index contributed by atoms with van der Waals surface area (Å²) in [4.78, 5) is 28.4. The van der Waals surface area contributed by atoms with E-state index in [1.54, 1.807) is 16.6 Å². The first kappa shape index (κ1) is 22.2. The van der Waals surface area contributed by atoms with Crippen LogP contribution in [0.4, 0.5) is 0 Å². The van der Waals surface area contributed by atoms with E-state index >= 15 is 0 Å². The molecule has 3 fully saturated rings. The van der Waals surface area contributed by atoms with Gasteiger partial charge in [0.25, 0.3) is 0 Å². The van der Waals surface area contributed by atoms with Gasteiger partial charge in [-0.15, -0.1) is 5.10 Å². The fraction of sp³-hybridized carbons (Fsp3) is 0.826. The summed E-state index contributed by atoms with van der Waals surface area (Å²) in [5.41, 5.74) is 0.664. The van der Waals surface area contributed by atoms with Crippen molar-refractivity contribution < 1.29 is 14.3 Å². The molecule has 2 aliphatic carbocycles. The molecule has 1 saturated heterocycles. The molecule has 4 rings (SSSR count). The molecule has 8 heteroatoms. The largest absolute Gasteiger partial charge is 0.371 e. The Balaban J connectivity index is 1.60. The van der Waals surface area contributed by atoms with E-state index in [0.717, 1.165) is 44.2 Å². The van der Waals surface area contributed by atoms with E-state index in [2.05, 4.69) is 15.6 Å². The predicted octanol–water partition coefficient (Wildman–Crippen LogP) is 2.81.